The smallest absolute Gasteiger partial charge is 0.0240 e. The summed E-state index contributed by atoms with van der Waals surface area (Å²) in [5.74, 6) is 2.84. The van der Waals surface area contributed by atoms with Crippen LogP contribution in [-0.4, -0.2) is 23.6 Å². The molecule has 0 unspecified atom stereocenters. The van der Waals surface area contributed by atoms with Crippen molar-refractivity contribution in [1.29, 1.82) is 0 Å². The fourth-order valence-corrected chi connectivity index (χ4v) is 4.56. The zero-order chi connectivity index (χ0) is 8.07. The van der Waals surface area contributed by atoms with Crippen LogP contribution in [0, 0.1) is 5.41 Å². The predicted molar refractivity (Wildman–Crippen MR) is 53.6 cm³/mol. The van der Waals surface area contributed by atoms with Crippen molar-refractivity contribution in [2.45, 2.75) is 37.6 Å². The van der Waals surface area contributed by atoms with Gasteiger partial charge in [0.2, 0.25) is 0 Å². The SMILES string of the molecule is C1CC2(CCSCC2)C2(CC2)N1. The summed E-state index contributed by atoms with van der Waals surface area (Å²) >= 11 is 2.16. The Labute approximate surface area is 78.7 Å². The molecule has 2 heterocycles. The van der Waals surface area contributed by atoms with E-state index >= 15 is 0 Å². The van der Waals surface area contributed by atoms with Crippen LogP contribution in [0.1, 0.15) is 32.1 Å². The monoisotopic (exact) mass is 183 g/mol. The lowest BCUT2D eigenvalue weighted by Crippen LogP contribution is -2.41. The van der Waals surface area contributed by atoms with E-state index in [-0.39, 0.29) is 0 Å². The van der Waals surface area contributed by atoms with Crippen molar-refractivity contribution in [3.63, 3.8) is 0 Å². The van der Waals surface area contributed by atoms with E-state index in [1.54, 1.807) is 0 Å². The van der Waals surface area contributed by atoms with Crippen molar-refractivity contribution in [3.05, 3.63) is 0 Å². The van der Waals surface area contributed by atoms with Gasteiger partial charge in [-0.2, -0.15) is 11.8 Å². The Kier molecular flexibility index (Phi) is 1.55. The van der Waals surface area contributed by atoms with Crippen LogP contribution in [0.5, 0.6) is 0 Å². The molecular weight excluding hydrogens is 166 g/mol. The predicted octanol–water partition coefficient (Wildman–Crippen LogP) is 2.03. The van der Waals surface area contributed by atoms with Crippen LogP contribution in [0.4, 0.5) is 0 Å². The van der Waals surface area contributed by atoms with Gasteiger partial charge < -0.3 is 5.32 Å². The number of nitrogens with one attached hydrogen (secondary N) is 1. The highest BCUT2D eigenvalue weighted by molar-refractivity contribution is 7.99. The van der Waals surface area contributed by atoms with Gasteiger partial charge in [0.1, 0.15) is 0 Å². The third kappa shape index (κ3) is 0.856. The number of hydrogen-bond acceptors (Lipinski definition) is 2. The number of fused-ring (bicyclic) bond motifs is 1. The van der Waals surface area contributed by atoms with Crippen molar-refractivity contribution in [2.24, 2.45) is 5.41 Å². The van der Waals surface area contributed by atoms with Gasteiger partial charge in [0.25, 0.3) is 0 Å². The first-order valence-electron chi connectivity index (χ1n) is 5.20. The summed E-state index contributed by atoms with van der Waals surface area (Å²) in [6.07, 6.45) is 7.39. The molecule has 2 heteroatoms. The molecule has 0 amide bonds. The van der Waals surface area contributed by atoms with Crippen LogP contribution in [0.3, 0.4) is 0 Å². The first-order valence-corrected chi connectivity index (χ1v) is 6.35. The minimum atomic E-state index is 0.647. The van der Waals surface area contributed by atoms with Gasteiger partial charge in [-0.3, -0.25) is 0 Å². The largest absolute Gasteiger partial charge is 0.311 e. The molecule has 0 radical (unpaired) electrons. The molecule has 2 saturated heterocycles. The van der Waals surface area contributed by atoms with E-state index in [0.717, 1.165) is 5.41 Å². The molecule has 0 aromatic carbocycles. The molecule has 0 atom stereocenters. The fraction of sp³-hybridized carbons (Fsp3) is 1.00. The normalized spacial score (nSPS) is 36.0. The molecule has 3 fully saturated rings. The average Bonchev–Trinajstić information content (AvgIpc) is 2.80. The van der Waals surface area contributed by atoms with Gasteiger partial charge in [0.15, 0.2) is 0 Å². The van der Waals surface area contributed by atoms with Gasteiger partial charge in [0, 0.05) is 5.54 Å². The molecule has 3 rings (SSSR count). The van der Waals surface area contributed by atoms with Crippen LogP contribution < -0.4 is 5.32 Å². The topological polar surface area (TPSA) is 12.0 Å². The van der Waals surface area contributed by atoms with Gasteiger partial charge in [-0.1, -0.05) is 0 Å². The van der Waals surface area contributed by atoms with Crippen LogP contribution in [0.2, 0.25) is 0 Å². The second-order valence-corrected chi connectivity index (χ2v) is 5.88. The van der Waals surface area contributed by atoms with Gasteiger partial charge in [-0.05, 0) is 55.6 Å². The fourth-order valence-electron chi connectivity index (χ4n) is 3.29. The summed E-state index contributed by atoms with van der Waals surface area (Å²) in [5.41, 5.74) is 1.40. The number of hydrogen-bond donors (Lipinski definition) is 1. The van der Waals surface area contributed by atoms with Gasteiger partial charge in [-0.25, -0.2) is 0 Å². The van der Waals surface area contributed by atoms with Crippen LogP contribution in [-0.2, 0) is 0 Å². The second kappa shape index (κ2) is 2.42. The Morgan fingerprint density at radius 3 is 2.33 bits per heavy atom. The minimum Gasteiger partial charge on any atom is -0.311 e. The van der Waals surface area contributed by atoms with E-state index in [2.05, 4.69) is 17.1 Å². The Hall–Kier alpha value is 0.310. The van der Waals surface area contributed by atoms with Crippen LogP contribution in [0.15, 0.2) is 0 Å². The third-order valence-electron chi connectivity index (χ3n) is 4.28. The van der Waals surface area contributed by atoms with Crippen molar-refractivity contribution >= 4 is 11.8 Å². The molecule has 0 bridgehead atoms. The van der Waals surface area contributed by atoms with Crippen molar-refractivity contribution in [2.75, 3.05) is 18.1 Å². The Bertz CT molecular complexity index is 192. The summed E-state index contributed by atoms with van der Waals surface area (Å²) in [5, 5.41) is 3.76. The Morgan fingerprint density at radius 2 is 1.67 bits per heavy atom. The summed E-state index contributed by atoms with van der Waals surface area (Å²) < 4.78 is 0. The molecule has 1 nitrogen and oxygen atoms in total. The maximum atomic E-state index is 3.76. The van der Waals surface area contributed by atoms with Crippen molar-refractivity contribution in [1.82, 2.24) is 5.32 Å². The maximum Gasteiger partial charge on any atom is 0.0240 e. The lowest BCUT2D eigenvalue weighted by atomic mass is 9.73. The zero-order valence-electron chi connectivity index (χ0n) is 7.57. The summed E-state index contributed by atoms with van der Waals surface area (Å²) in [4.78, 5) is 0. The van der Waals surface area contributed by atoms with E-state index in [4.69, 9.17) is 0 Å². The minimum absolute atomic E-state index is 0.647. The first-order chi connectivity index (χ1) is 5.87. The Morgan fingerprint density at radius 1 is 0.917 bits per heavy atom. The molecule has 1 aliphatic carbocycles. The molecule has 2 spiro atoms. The highest BCUT2D eigenvalue weighted by Crippen LogP contribution is 2.60. The first kappa shape index (κ1) is 7.69. The van der Waals surface area contributed by atoms with E-state index < -0.39 is 0 Å². The van der Waals surface area contributed by atoms with E-state index in [1.165, 1.54) is 50.2 Å². The molecular formula is C10H17NS. The van der Waals surface area contributed by atoms with Gasteiger partial charge >= 0.3 is 0 Å². The van der Waals surface area contributed by atoms with E-state index in [0.29, 0.717) is 5.54 Å². The quantitative estimate of drug-likeness (QED) is 0.616. The maximum absolute atomic E-state index is 3.76. The van der Waals surface area contributed by atoms with Gasteiger partial charge in [0.05, 0.1) is 0 Å². The summed E-state index contributed by atoms with van der Waals surface area (Å²) in [6.45, 7) is 1.30. The number of thioether (sulfide) groups is 1. The lowest BCUT2D eigenvalue weighted by molar-refractivity contribution is 0.208. The average molecular weight is 183 g/mol. The molecule has 0 aromatic heterocycles. The second-order valence-electron chi connectivity index (χ2n) is 4.65. The van der Waals surface area contributed by atoms with Crippen LogP contribution >= 0.6 is 11.8 Å². The standard InChI is InChI=1S/C10H17NS/c1-2-10(1)9(3-6-11-10)4-7-12-8-5-9/h11H,1-8H2. The molecule has 3 aliphatic rings. The summed E-state index contributed by atoms with van der Waals surface area (Å²) in [7, 11) is 0. The highest BCUT2D eigenvalue weighted by atomic mass is 32.2. The van der Waals surface area contributed by atoms with Crippen molar-refractivity contribution in [3.8, 4) is 0 Å². The molecule has 68 valence electrons. The highest BCUT2D eigenvalue weighted by Gasteiger charge is 2.61. The number of rotatable bonds is 0. The molecule has 1 N–H and O–H groups in total. The third-order valence-corrected chi connectivity index (χ3v) is 5.27. The molecule has 2 aliphatic heterocycles. The molecule has 12 heavy (non-hydrogen) atoms. The van der Waals surface area contributed by atoms with E-state index in [1.807, 2.05) is 0 Å². The van der Waals surface area contributed by atoms with Gasteiger partial charge in [-0.15, -0.1) is 0 Å². The van der Waals surface area contributed by atoms with Crippen molar-refractivity contribution < 1.29 is 0 Å². The molecule has 1 saturated carbocycles. The lowest BCUT2D eigenvalue weighted by Gasteiger charge is -2.38. The molecule has 0 aromatic rings. The van der Waals surface area contributed by atoms with Crippen LogP contribution in [0.25, 0.3) is 0 Å². The zero-order valence-corrected chi connectivity index (χ0v) is 8.38. The van der Waals surface area contributed by atoms with E-state index in [9.17, 15) is 0 Å². The summed E-state index contributed by atoms with van der Waals surface area (Å²) in [6, 6.07) is 0. The Balaban J connectivity index is 1.87.